The fourth-order valence-electron chi connectivity index (χ4n) is 0.697. The minimum atomic E-state index is 0. The Morgan fingerprint density at radius 3 is 3.00 bits per heavy atom. The second-order valence-corrected chi connectivity index (χ2v) is 1.93. The van der Waals surface area contributed by atoms with Crippen molar-refractivity contribution in [3.63, 3.8) is 0 Å². The molecule has 0 aromatic heterocycles. The lowest BCUT2D eigenvalue weighted by atomic mass is 10.3. The molecule has 0 spiro atoms. The Hall–Kier alpha value is -0.0800. The average Bonchev–Trinajstić information content (AvgIpc) is 1.69. The Kier molecular flexibility index (Phi) is 1.65. The van der Waals surface area contributed by atoms with E-state index in [1.54, 1.807) is 0 Å². The molecule has 7 heavy (non-hydrogen) atoms. The quantitative estimate of drug-likeness (QED) is 0.474. The molecular weight excluding hydrogens is 90.1 g/mol. The normalized spacial score (nSPS) is 33.0. The van der Waals surface area contributed by atoms with Gasteiger partial charge in [-0.05, 0) is 6.92 Å². The van der Waals surface area contributed by atoms with Crippen molar-refractivity contribution in [1.82, 2.24) is 5.32 Å². The van der Waals surface area contributed by atoms with E-state index in [1.165, 1.54) is 0 Å². The van der Waals surface area contributed by atoms with Crippen LogP contribution in [0.4, 0.5) is 0 Å². The largest absolute Gasteiger partial charge is 0.379 e. The van der Waals surface area contributed by atoms with Gasteiger partial charge in [0.2, 0.25) is 0 Å². The molecule has 1 saturated heterocycles. The van der Waals surface area contributed by atoms with Gasteiger partial charge in [-0.15, -0.1) is 0 Å². The Morgan fingerprint density at radius 1 is 1.86 bits per heavy atom. The summed E-state index contributed by atoms with van der Waals surface area (Å²) >= 11 is 0. The number of hydrogen-bond donors (Lipinski definition) is 1. The summed E-state index contributed by atoms with van der Waals surface area (Å²) in [6, 6.07) is 0.564. The van der Waals surface area contributed by atoms with Crippen molar-refractivity contribution in [3.05, 3.63) is 0 Å². The van der Waals surface area contributed by atoms with E-state index in [-0.39, 0.29) is 1.43 Å². The molecule has 0 bridgehead atoms. The van der Waals surface area contributed by atoms with E-state index >= 15 is 0 Å². The summed E-state index contributed by atoms with van der Waals surface area (Å²) < 4.78 is 5.12. The number of hydrogen-bond acceptors (Lipinski definition) is 2. The Bertz CT molecular complexity index is 54.4. The number of ether oxygens (including phenoxy) is 1. The van der Waals surface area contributed by atoms with Crippen LogP contribution < -0.4 is 5.32 Å². The second kappa shape index (κ2) is 2.28. The van der Waals surface area contributed by atoms with Crippen LogP contribution in [0.15, 0.2) is 0 Å². The lowest BCUT2D eigenvalue weighted by Crippen LogP contribution is -2.38. The lowest BCUT2D eigenvalue weighted by Gasteiger charge is -2.19. The van der Waals surface area contributed by atoms with Crippen molar-refractivity contribution in [2.75, 3.05) is 19.8 Å². The number of morpholine rings is 1. The zero-order valence-corrected chi connectivity index (χ0v) is 4.61. The summed E-state index contributed by atoms with van der Waals surface area (Å²) in [6.07, 6.45) is 0. The predicted octanol–water partition coefficient (Wildman–Crippen LogP) is 0.241. The number of rotatable bonds is 0. The summed E-state index contributed by atoms with van der Waals surface area (Å²) in [5, 5.41) is 3.26. The predicted molar refractivity (Wildman–Crippen MR) is 30.4 cm³/mol. The minimum Gasteiger partial charge on any atom is -0.379 e. The van der Waals surface area contributed by atoms with E-state index in [1.807, 2.05) is 0 Å². The molecule has 0 aromatic rings. The van der Waals surface area contributed by atoms with Crippen LogP contribution in [0.25, 0.3) is 0 Å². The molecule has 1 fully saturated rings. The molecule has 1 N–H and O–H groups in total. The highest BCUT2D eigenvalue weighted by Gasteiger charge is 2.04. The molecule has 0 unspecified atom stereocenters. The summed E-state index contributed by atoms with van der Waals surface area (Å²) in [5.41, 5.74) is 0. The Balaban J connectivity index is 0.000000490. The smallest absolute Gasteiger partial charge is 0.0617 e. The topological polar surface area (TPSA) is 21.3 Å². The maximum Gasteiger partial charge on any atom is 0.0617 e. The van der Waals surface area contributed by atoms with Gasteiger partial charge in [0.1, 0.15) is 0 Å². The van der Waals surface area contributed by atoms with Crippen LogP contribution in [0.1, 0.15) is 8.35 Å². The highest BCUT2D eigenvalue weighted by molar-refractivity contribution is 4.62. The molecule has 0 radical (unpaired) electrons. The van der Waals surface area contributed by atoms with E-state index in [0.29, 0.717) is 6.04 Å². The SMILES string of the molecule is C[C@H]1COCCN1.[HH]. The van der Waals surface area contributed by atoms with Crippen molar-refractivity contribution in [2.45, 2.75) is 13.0 Å². The van der Waals surface area contributed by atoms with Crippen molar-refractivity contribution in [1.29, 1.82) is 0 Å². The molecule has 1 aliphatic rings. The molecule has 2 heteroatoms. The average molecular weight is 103 g/mol. The van der Waals surface area contributed by atoms with E-state index in [2.05, 4.69) is 12.2 Å². The first-order valence-electron chi connectivity index (χ1n) is 2.71. The van der Waals surface area contributed by atoms with Gasteiger partial charge in [0.25, 0.3) is 0 Å². The first kappa shape index (κ1) is 5.06. The van der Waals surface area contributed by atoms with Gasteiger partial charge < -0.3 is 10.1 Å². The van der Waals surface area contributed by atoms with Crippen molar-refractivity contribution in [2.24, 2.45) is 0 Å². The molecule has 1 rings (SSSR count). The monoisotopic (exact) mass is 103 g/mol. The molecule has 1 aliphatic heterocycles. The van der Waals surface area contributed by atoms with Crippen molar-refractivity contribution < 1.29 is 6.16 Å². The Morgan fingerprint density at radius 2 is 2.71 bits per heavy atom. The minimum absolute atomic E-state index is 0. The first-order valence-corrected chi connectivity index (χ1v) is 2.71. The fourth-order valence-corrected chi connectivity index (χ4v) is 0.697. The van der Waals surface area contributed by atoms with Crippen LogP contribution >= 0.6 is 0 Å². The molecule has 2 nitrogen and oxygen atoms in total. The maximum atomic E-state index is 5.12. The van der Waals surface area contributed by atoms with Gasteiger partial charge in [0.05, 0.1) is 13.2 Å². The molecule has 0 aliphatic carbocycles. The molecule has 44 valence electrons. The van der Waals surface area contributed by atoms with E-state index in [4.69, 9.17) is 4.74 Å². The highest BCUT2D eigenvalue weighted by atomic mass is 16.5. The summed E-state index contributed by atoms with van der Waals surface area (Å²) in [6.45, 7) is 4.89. The number of nitrogens with one attached hydrogen (secondary N) is 1. The fraction of sp³-hybridized carbons (Fsp3) is 1.00. The first-order chi connectivity index (χ1) is 3.39. The van der Waals surface area contributed by atoms with Crippen LogP contribution in [0.3, 0.4) is 0 Å². The van der Waals surface area contributed by atoms with Crippen molar-refractivity contribution >= 4 is 0 Å². The van der Waals surface area contributed by atoms with Gasteiger partial charge in [-0.3, -0.25) is 0 Å². The van der Waals surface area contributed by atoms with Crippen molar-refractivity contribution in [3.8, 4) is 0 Å². The van der Waals surface area contributed by atoms with Crippen LogP contribution in [0.2, 0.25) is 0 Å². The maximum absolute atomic E-state index is 5.12. The third kappa shape index (κ3) is 1.45. The third-order valence-electron chi connectivity index (χ3n) is 1.11. The van der Waals surface area contributed by atoms with Gasteiger partial charge in [-0.2, -0.15) is 0 Å². The summed E-state index contributed by atoms with van der Waals surface area (Å²) in [4.78, 5) is 0. The molecule has 1 heterocycles. The van der Waals surface area contributed by atoms with Crippen LogP contribution in [0, 0.1) is 0 Å². The van der Waals surface area contributed by atoms with Crippen LogP contribution in [-0.2, 0) is 4.74 Å². The van der Waals surface area contributed by atoms with E-state index < -0.39 is 0 Å². The van der Waals surface area contributed by atoms with E-state index in [9.17, 15) is 0 Å². The standard InChI is InChI=1S/C5H11NO.H2/c1-5-4-7-3-2-6-5;/h5-6H,2-4H2,1H3;1H/t5-;/m0./s1. The molecular formula is C5H13NO. The molecule has 0 aromatic carbocycles. The lowest BCUT2D eigenvalue weighted by molar-refractivity contribution is 0.0824. The van der Waals surface area contributed by atoms with Gasteiger partial charge in [0, 0.05) is 14.0 Å². The van der Waals surface area contributed by atoms with Gasteiger partial charge in [-0.1, -0.05) is 0 Å². The van der Waals surface area contributed by atoms with E-state index in [0.717, 1.165) is 19.8 Å². The molecule has 0 amide bonds. The zero-order chi connectivity index (χ0) is 5.11. The Labute approximate surface area is 45.3 Å². The van der Waals surface area contributed by atoms with Gasteiger partial charge >= 0.3 is 0 Å². The third-order valence-corrected chi connectivity index (χ3v) is 1.11. The van der Waals surface area contributed by atoms with Crippen LogP contribution in [-0.4, -0.2) is 25.8 Å². The van der Waals surface area contributed by atoms with Crippen LogP contribution in [0.5, 0.6) is 0 Å². The van der Waals surface area contributed by atoms with Gasteiger partial charge in [-0.25, -0.2) is 0 Å². The van der Waals surface area contributed by atoms with Gasteiger partial charge in [0.15, 0.2) is 0 Å². The molecule has 0 saturated carbocycles. The summed E-state index contributed by atoms with van der Waals surface area (Å²) in [5.74, 6) is 0. The molecule has 1 atom stereocenters. The second-order valence-electron chi connectivity index (χ2n) is 1.93. The zero-order valence-electron chi connectivity index (χ0n) is 4.61. The summed E-state index contributed by atoms with van der Waals surface area (Å²) in [7, 11) is 0. The highest BCUT2D eigenvalue weighted by Crippen LogP contribution is 1.88.